The van der Waals surface area contributed by atoms with Crippen LogP contribution in [0.1, 0.15) is 30.7 Å². The Bertz CT molecular complexity index is 821. The summed E-state index contributed by atoms with van der Waals surface area (Å²) in [6.07, 6.45) is 2.70. The molecule has 1 saturated heterocycles. The summed E-state index contributed by atoms with van der Waals surface area (Å²) < 4.78 is 46.0. The molecule has 0 bridgehead atoms. The van der Waals surface area contributed by atoms with E-state index in [-0.39, 0.29) is 10.8 Å². The van der Waals surface area contributed by atoms with E-state index in [4.69, 9.17) is 4.74 Å². The molecular formula is C19H22FNO3S. The molecule has 134 valence electrons. The second-order valence-electron chi connectivity index (χ2n) is 6.29. The quantitative estimate of drug-likeness (QED) is 0.830. The van der Waals surface area contributed by atoms with Gasteiger partial charge in [0, 0.05) is 13.1 Å². The van der Waals surface area contributed by atoms with Crippen molar-refractivity contribution in [2.45, 2.75) is 30.1 Å². The van der Waals surface area contributed by atoms with E-state index in [1.165, 1.54) is 22.5 Å². The topological polar surface area (TPSA) is 46.6 Å². The van der Waals surface area contributed by atoms with Gasteiger partial charge in [0.15, 0.2) is 0 Å². The fourth-order valence-corrected chi connectivity index (χ4v) is 4.81. The molecule has 0 spiro atoms. The van der Waals surface area contributed by atoms with Gasteiger partial charge in [0.1, 0.15) is 11.6 Å². The van der Waals surface area contributed by atoms with Crippen molar-refractivity contribution < 1.29 is 17.5 Å². The van der Waals surface area contributed by atoms with E-state index in [1.54, 1.807) is 7.11 Å². The first-order valence-electron chi connectivity index (χ1n) is 8.40. The van der Waals surface area contributed by atoms with Crippen molar-refractivity contribution in [2.75, 3.05) is 20.2 Å². The molecule has 3 rings (SSSR count). The Balaban J connectivity index is 1.86. The van der Waals surface area contributed by atoms with Crippen molar-refractivity contribution >= 4 is 10.0 Å². The molecule has 1 aliphatic heterocycles. The highest BCUT2D eigenvalue weighted by Gasteiger charge is 2.29. The second kappa shape index (κ2) is 7.54. The Hall–Kier alpha value is -1.92. The Labute approximate surface area is 148 Å². The molecule has 2 aromatic carbocycles. The number of rotatable bonds is 4. The summed E-state index contributed by atoms with van der Waals surface area (Å²) >= 11 is 0. The van der Waals surface area contributed by atoms with E-state index in [0.717, 1.165) is 36.6 Å². The zero-order valence-corrected chi connectivity index (χ0v) is 15.0. The fourth-order valence-electron chi connectivity index (χ4n) is 3.25. The third kappa shape index (κ3) is 4.02. The Morgan fingerprint density at radius 1 is 1.12 bits per heavy atom. The summed E-state index contributed by atoms with van der Waals surface area (Å²) in [5, 5.41) is 0. The van der Waals surface area contributed by atoms with Gasteiger partial charge in [-0.2, -0.15) is 4.31 Å². The van der Waals surface area contributed by atoms with Gasteiger partial charge >= 0.3 is 0 Å². The van der Waals surface area contributed by atoms with Gasteiger partial charge in [0.05, 0.1) is 12.0 Å². The zero-order chi connectivity index (χ0) is 17.9. The van der Waals surface area contributed by atoms with Crippen molar-refractivity contribution in [1.82, 2.24) is 4.31 Å². The molecule has 1 unspecified atom stereocenters. The number of halogens is 1. The molecule has 2 aromatic rings. The van der Waals surface area contributed by atoms with Crippen LogP contribution < -0.4 is 4.74 Å². The van der Waals surface area contributed by atoms with Crippen molar-refractivity contribution in [1.29, 1.82) is 0 Å². The van der Waals surface area contributed by atoms with E-state index >= 15 is 0 Å². The minimum Gasteiger partial charge on any atom is -0.497 e. The molecule has 6 heteroatoms. The highest BCUT2D eigenvalue weighted by Crippen LogP contribution is 2.30. The highest BCUT2D eigenvalue weighted by atomic mass is 32.2. The molecule has 0 N–H and O–H groups in total. The standard InChI is InChI=1S/C19H22FNO3S/c1-24-18-10-8-15(9-11-18)16-5-2-3-12-21(14-16)25(22,23)19-7-4-6-17(20)13-19/h4,6-11,13,16H,2-3,5,12,14H2,1H3. The number of sulfonamides is 1. The minimum absolute atomic E-state index is 0.0166. The third-order valence-electron chi connectivity index (χ3n) is 4.66. The fraction of sp³-hybridized carbons (Fsp3) is 0.368. The molecule has 1 aliphatic rings. The lowest BCUT2D eigenvalue weighted by Gasteiger charge is -2.24. The number of nitrogens with zero attached hydrogens (tertiary/aromatic N) is 1. The summed E-state index contributed by atoms with van der Waals surface area (Å²) in [7, 11) is -2.07. The molecular weight excluding hydrogens is 341 g/mol. The molecule has 4 nitrogen and oxygen atoms in total. The lowest BCUT2D eigenvalue weighted by atomic mass is 9.94. The van der Waals surface area contributed by atoms with Gasteiger partial charge in [-0.25, -0.2) is 12.8 Å². The molecule has 0 aliphatic carbocycles. The SMILES string of the molecule is COc1ccc(C2CCCCN(S(=O)(=O)c3cccc(F)c3)C2)cc1. The van der Waals surface area contributed by atoms with Gasteiger partial charge in [0.25, 0.3) is 0 Å². The molecule has 1 heterocycles. The summed E-state index contributed by atoms with van der Waals surface area (Å²) in [6.45, 7) is 0.872. The van der Waals surface area contributed by atoms with E-state index in [0.29, 0.717) is 13.1 Å². The van der Waals surface area contributed by atoms with Gasteiger partial charge in [-0.3, -0.25) is 0 Å². The first-order valence-corrected chi connectivity index (χ1v) is 9.84. The van der Waals surface area contributed by atoms with Gasteiger partial charge < -0.3 is 4.74 Å². The van der Waals surface area contributed by atoms with Crippen LogP contribution in [-0.2, 0) is 10.0 Å². The predicted octanol–water partition coefficient (Wildman–Crippen LogP) is 3.79. The first kappa shape index (κ1) is 17.9. The number of ether oxygens (including phenoxy) is 1. The third-order valence-corrected chi connectivity index (χ3v) is 6.52. The lowest BCUT2D eigenvalue weighted by molar-refractivity contribution is 0.404. The van der Waals surface area contributed by atoms with Crippen LogP contribution in [0.25, 0.3) is 0 Å². The summed E-state index contributed by atoms with van der Waals surface area (Å²) in [4.78, 5) is 0.0166. The summed E-state index contributed by atoms with van der Waals surface area (Å²) in [5.41, 5.74) is 1.10. The molecule has 0 amide bonds. The van der Waals surface area contributed by atoms with E-state index in [2.05, 4.69) is 0 Å². The molecule has 25 heavy (non-hydrogen) atoms. The molecule has 1 atom stereocenters. The monoisotopic (exact) mass is 363 g/mol. The van der Waals surface area contributed by atoms with Crippen LogP contribution in [0.2, 0.25) is 0 Å². The van der Waals surface area contributed by atoms with Crippen LogP contribution in [0.5, 0.6) is 5.75 Å². The average Bonchev–Trinajstić information content (AvgIpc) is 2.88. The zero-order valence-electron chi connectivity index (χ0n) is 14.2. The first-order chi connectivity index (χ1) is 12.0. The van der Waals surface area contributed by atoms with Crippen molar-refractivity contribution in [3.8, 4) is 5.75 Å². The maximum absolute atomic E-state index is 13.5. The second-order valence-corrected chi connectivity index (χ2v) is 8.22. The summed E-state index contributed by atoms with van der Waals surface area (Å²) in [6, 6.07) is 13.0. The predicted molar refractivity (Wildman–Crippen MR) is 94.7 cm³/mol. The minimum atomic E-state index is -3.69. The molecule has 1 fully saturated rings. The number of methoxy groups -OCH3 is 1. The lowest BCUT2D eigenvalue weighted by Crippen LogP contribution is -2.34. The molecule has 0 saturated carbocycles. The van der Waals surface area contributed by atoms with Crippen LogP contribution in [0.15, 0.2) is 53.4 Å². The average molecular weight is 363 g/mol. The van der Waals surface area contributed by atoms with Crippen LogP contribution in [0.4, 0.5) is 4.39 Å². The van der Waals surface area contributed by atoms with Crippen LogP contribution >= 0.6 is 0 Å². The van der Waals surface area contributed by atoms with Crippen LogP contribution in [-0.4, -0.2) is 32.9 Å². The van der Waals surface area contributed by atoms with Crippen molar-refractivity contribution in [2.24, 2.45) is 0 Å². The molecule has 0 radical (unpaired) electrons. The highest BCUT2D eigenvalue weighted by molar-refractivity contribution is 7.89. The van der Waals surface area contributed by atoms with Crippen molar-refractivity contribution in [3.63, 3.8) is 0 Å². The maximum atomic E-state index is 13.5. The Morgan fingerprint density at radius 2 is 1.88 bits per heavy atom. The number of benzene rings is 2. The van der Waals surface area contributed by atoms with E-state index < -0.39 is 15.8 Å². The van der Waals surface area contributed by atoms with Gasteiger partial charge in [0.2, 0.25) is 10.0 Å². The van der Waals surface area contributed by atoms with Crippen LogP contribution in [0.3, 0.4) is 0 Å². The van der Waals surface area contributed by atoms with Gasteiger partial charge in [-0.1, -0.05) is 24.6 Å². The number of hydrogen-bond donors (Lipinski definition) is 0. The maximum Gasteiger partial charge on any atom is 0.243 e. The smallest absolute Gasteiger partial charge is 0.243 e. The van der Waals surface area contributed by atoms with E-state index in [9.17, 15) is 12.8 Å². The van der Waals surface area contributed by atoms with Gasteiger partial charge in [-0.15, -0.1) is 0 Å². The van der Waals surface area contributed by atoms with Crippen molar-refractivity contribution in [3.05, 3.63) is 59.9 Å². The normalized spacial score (nSPS) is 19.4. The van der Waals surface area contributed by atoms with Gasteiger partial charge in [-0.05, 0) is 54.7 Å². The van der Waals surface area contributed by atoms with Crippen LogP contribution in [0, 0.1) is 5.82 Å². The number of hydrogen-bond acceptors (Lipinski definition) is 3. The van der Waals surface area contributed by atoms with E-state index in [1.807, 2.05) is 24.3 Å². The summed E-state index contributed by atoms with van der Waals surface area (Å²) in [5.74, 6) is 0.362. The Kier molecular flexibility index (Phi) is 5.39. The Morgan fingerprint density at radius 3 is 2.56 bits per heavy atom. The molecule has 0 aromatic heterocycles. The largest absolute Gasteiger partial charge is 0.497 e.